The van der Waals surface area contributed by atoms with Gasteiger partial charge < -0.3 is 10.4 Å². The van der Waals surface area contributed by atoms with Crippen molar-refractivity contribution in [1.82, 2.24) is 4.72 Å². The minimum Gasteiger partial charge on any atom is -0.478 e. The number of sulfonamides is 1. The van der Waals surface area contributed by atoms with Crippen molar-refractivity contribution in [2.75, 3.05) is 18.4 Å². The minimum absolute atomic E-state index is 0.0239. The fourth-order valence-electron chi connectivity index (χ4n) is 3.08. The van der Waals surface area contributed by atoms with E-state index < -0.39 is 16.0 Å². The third-order valence-corrected chi connectivity index (χ3v) is 6.15. The van der Waals surface area contributed by atoms with Crippen LogP contribution < -0.4 is 10.0 Å². The predicted octanol–water partition coefficient (Wildman–Crippen LogP) is 4.01. The second-order valence-electron chi connectivity index (χ2n) is 7.38. The number of hydrogen-bond acceptors (Lipinski definition) is 4. The molecule has 1 aliphatic carbocycles. The smallest absolute Gasteiger partial charge is 0.337 e. The molecule has 1 aromatic rings. The van der Waals surface area contributed by atoms with E-state index in [2.05, 4.69) is 16.1 Å². The molecular formula is C20H30N2O4S. The highest BCUT2D eigenvalue weighted by Gasteiger charge is 2.19. The van der Waals surface area contributed by atoms with E-state index in [4.69, 9.17) is 0 Å². The first-order chi connectivity index (χ1) is 12.8. The van der Waals surface area contributed by atoms with Crippen LogP contribution in [0.15, 0.2) is 34.7 Å². The zero-order chi connectivity index (χ0) is 19.9. The first kappa shape index (κ1) is 21.4. The average molecular weight is 395 g/mol. The van der Waals surface area contributed by atoms with Gasteiger partial charge in [0.15, 0.2) is 0 Å². The van der Waals surface area contributed by atoms with Gasteiger partial charge in [-0.3, -0.25) is 0 Å². The number of benzene rings is 1. The summed E-state index contributed by atoms with van der Waals surface area (Å²) < 4.78 is 27.3. The molecule has 0 bridgehead atoms. The van der Waals surface area contributed by atoms with Crippen LogP contribution in [0.1, 0.15) is 62.7 Å². The second-order valence-corrected chi connectivity index (χ2v) is 9.14. The maximum Gasteiger partial charge on any atom is 0.337 e. The van der Waals surface area contributed by atoms with Gasteiger partial charge in [0.2, 0.25) is 10.0 Å². The molecule has 3 N–H and O–H groups in total. The van der Waals surface area contributed by atoms with Crippen LogP contribution in [0, 0.1) is 5.92 Å². The van der Waals surface area contributed by atoms with E-state index in [1.54, 1.807) is 0 Å². The fourth-order valence-corrected chi connectivity index (χ4v) is 4.15. The quantitative estimate of drug-likeness (QED) is 0.521. The summed E-state index contributed by atoms with van der Waals surface area (Å²) >= 11 is 0. The molecule has 0 heterocycles. The molecule has 0 aliphatic heterocycles. The Kier molecular flexibility index (Phi) is 7.86. The second kappa shape index (κ2) is 9.90. The van der Waals surface area contributed by atoms with E-state index in [9.17, 15) is 18.3 Å². The van der Waals surface area contributed by atoms with E-state index in [1.807, 2.05) is 13.8 Å². The van der Waals surface area contributed by atoms with Gasteiger partial charge in [-0.2, -0.15) is 0 Å². The highest BCUT2D eigenvalue weighted by atomic mass is 32.2. The van der Waals surface area contributed by atoms with Crippen LogP contribution in [0.5, 0.6) is 0 Å². The predicted molar refractivity (Wildman–Crippen MR) is 108 cm³/mol. The van der Waals surface area contributed by atoms with Crippen molar-refractivity contribution in [3.8, 4) is 0 Å². The zero-order valence-corrected chi connectivity index (χ0v) is 16.9. The van der Waals surface area contributed by atoms with Crippen molar-refractivity contribution >= 4 is 21.7 Å². The monoisotopic (exact) mass is 394 g/mol. The third kappa shape index (κ3) is 6.66. The fraction of sp³-hybridized carbons (Fsp3) is 0.550. The van der Waals surface area contributed by atoms with Crippen LogP contribution in [0.2, 0.25) is 0 Å². The summed E-state index contributed by atoms with van der Waals surface area (Å²) in [5.41, 5.74) is 1.82. The van der Waals surface area contributed by atoms with Gasteiger partial charge in [-0.15, -0.1) is 0 Å². The van der Waals surface area contributed by atoms with Crippen molar-refractivity contribution in [1.29, 1.82) is 0 Å². The molecule has 0 saturated carbocycles. The first-order valence-corrected chi connectivity index (χ1v) is 11.1. The number of nitrogens with one attached hydrogen (secondary N) is 2. The Labute approximate surface area is 162 Å². The number of rotatable bonds is 10. The summed E-state index contributed by atoms with van der Waals surface area (Å²) in [6.45, 7) is 4.99. The van der Waals surface area contributed by atoms with Gasteiger partial charge >= 0.3 is 5.97 Å². The topological polar surface area (TPSA) is 95.5 Å². The lowest BCUT2D eigenvalue weighted by Gasteiger charge is -2.15. The number of carbonyl (C=O) groups is 1. The number of anilines is 1. The van der Waals surface area contributed by atoms with Gasteiger partial charge in [0, 0.05) is 18.8 Å². The highest BCUT2D eigenvalue weighted by Crippen LogP contribution is 2.23. The lowest BCUT2D eigenvalue weighted by Crippen LogP contribution is -2.26. The minimum atomic E-state index is -3.72. The van der Waals surface area contributed by atoms with E-state index in [0.717, 1.165) is 25.7 Å². The Morgan fingerprint density at radius 1 is 1.22 bits per heavy atom. The van der Waals surface area contributed by atoms with E-state index in [0.29, 0.717) is 24.7 Å². The van der Waals surface area contributed by atoms with Crippen LogP contribution >= 0.6 is 0 Å². The van der Waals surface area contributed by atoms with Crippen LogP contribution in [-0.4, -0.2) is 32.6 Å². The molecule has 7 heteroatoms. The summed E-state index contributed by atoms with van der Waals surface area (Å²) in [5.74, 6) is -0.762. The zero-order valence-electron chi connectivity index (χ0n) is 16.1. The number of allylic oxidation sites excluding steroid dienone is 1. The molecular weight excluding hydrogens is 364 g/mol. The van der Waals surface area contributed by atoms with Crippen LogP contribution in [0.4, 0.5) is 5.69 Å². The van der Waals surface area contributed by atoms with Crippen LogP contribution in [-0.2, 0) is 10.0 Å². The molecule has 2 rings (SSSR count). The van der Waals surface area contributed by atoms with Gasteiger partial charge in [0.05, 0.1) is 10.5 Å². The molecule has 1 aromatic carbocycles. The van der Waals surface area contributed by atoms with E-state index >= 15 is 0 Å². The normalized spacial score (nSPS) is 14.9. The molecule has 0 amide bonds. The number of hydrogen-bond donors (Lipinski definition) is 3. The van der Waals surface area contributed by atoms with E-state index in [1.165, 1.54) is 36.6 Å². The molecule has 0 fully saturated rings. The number of aromatic carboxylic acids is 1. The molecule has 150 valence electrons. The molecule has 6 nitrogen and oxygen atoms in total. The Hall–Kier alpha value is -1.86. The number of carboxylic acid groups (broad SMARTS) is 1. The SMILES string of the molecule is CC(C)CCNS(=O)(=O)c1ccc(NCCC2=CCCCC2)c(C(=O)O)c1. The van der Waals surface area contributed by atoms with Crippen molar-refractivity contribution in [2.45, 2.75) is 57.3 Å². The van der Waals surface area contributed by atoms with Gasteiger partial charge in [0.25, 0.3) is 0 Å². The molecule has 0 aromatic heterocycles. The summed E-state index contributed by atoms with van der Waals surface area (Å²) in [6, 6.07) is 4.21. The van der Waals surface area contributed by atoms with Gasteiger partial charge in [-0.05, 0) is 62.6 Å². The first-order valence-electron chi connectivity index (χ1n) is 9.58. The van der Waals surface area contributed by atoms with Crippen LogP contribution in [0.25, 0.3) is 0 Å². The molecule has 0 unspecified atom stereocenters. The summed E-state index contributed by atoms with van der Waals surface area (Å²) in [7, 11) is -3.72. The van der Waals surface area contributed by atoms with Crippen molar-refractivity contribution in [2.24, 2.45) is 5.92 Å². The standard InChI is InChI=1S/C20H30N2O4S/c1-15(2)10-13-22-27(25,26)17-8-9-19(18(14-17)20(23)24)21-12-11-16-6-4-3-5-7-16/h6,8-9,14-15,21-22H,3-5,7,10-13H2,1-2H3,(H,23,24). The maximum absolute atomic E-state index is 12.4. The highest BCUT2D eigenvalue weighted by molar-refractivity contribution is 7.89. The molecule has 1 aliphatic rings. The molecule has 27 heavy (non-hydrogen) atoms. The molecule has 0 atom stereocenters. The molecule has 0 radical (unpaired) electrons. The summed E-state index contributed by atoms with van der Waals surface area (Å²) in [4.78, 5) is 11.6. The lowest BCUT2D eigenvalue weighted by molar-refractivity contribution is 0.0697. The average Bonchev–Trinajstić information content (AvgIpc) is 2.62. The lowest BCUT2D eigenvalue weighted by atomic mass is 9.97. The molecule has 0 spiro atoms. The molecule has 0 saturated heterocycles. The summed E-state index contributed by atoms with van der Waals surface area (Å²) in [6.07, 6.45) is 8.53. The largest absolute Gasteiger partial charge is 0.478 e. The van der Waals surface area contributed by atoms with Crippen molar-refractivity contribution in [3.05, 3.63) is 35.4 Å². The third-order valence-electron chi connectivity index (χ3n) is 4.69. The van der Waals surface area contributed by atoms with Gasteiger partial charge in [-0.25, -0.2) is 17.9 Å². The maximum atomic E-state index is 12.4. The Morgan fingerprint density at radius 3 is 2.63 bits per heavy atom. The van der Waals surface area contributed by atoms with Gasteiger partial charge in [0.1, 0.15) is 0 Å². The van der Waals surface area contributed by atoms with E-state index in [-0.39, 0.29) is 10.5 Å². The Balaban J connectivity index is 2.06. The Bertz CT molecular complexity index is 785. The Morgan fingerprint density at radius 2 is 2.00 bits per heavy atom. The summed E-state index contributed by atoms with van der Waals surface area (Å²) in [5, 5.41) is 12.6. The van der Waals surface area contributed by atoms with Crippen molar-refractivity contribution < 1.29 is 18.3 Å². The number of carboxylic acids is 1. The van der Waals surface area contributed by atoms with Crippen LogP contribution in [0.3, 0.4) is 0 Å². The van der Waals surface area contributed by atoms with Crippen molar-refractivity contribution in [3.63, 3.8) is 0 Å². The van der Waals surface area contributed by atoms with Gasteiger partial charge in [-0.1, -0.05) is 25.5 Å².